The zero-order valence-corrected chi connectivity index (χ0v) is 20.8. The molecule has 2 unspecified atom stereocenters. The lowest BCUT2D eigenvalue weighted by atomic mass is 9.94. The fraction of sp³-hybridized carbons (Fsp3) is 0.407. The van der Waals surface area contributed by atoms with Gasteiger partial charge >= 0.3 is 12.1 Å². The number of benzene rings is 2. The van der Waals surface area contributed by atoms with Gasteiger partial charge in [0.15, 0.2) is 0 Å². The highest BCUT2D eigenvalue weighted by atomic mass is 19.3. The monoisotopic (exact) mass is 526 g/mol. The number of alkyl halides is 2. The molecule has 0 radical (unpaired) electrons. The smallest absolute Gasteiger partial charge is 0.418 e. The molecule has 0 aromatic heterocycles. The summed E-state index contributed by atoms with van der Waals surface area (Å²) in [5, 5.41) is 5.11. The molecule has 2 atom stereocenters. The largest absolute Gasteiger partial charge is 0.427 e. The van der Waals surface area contributed by atoms with Gasteiger partial charge in [-0.25, -0.2) is 23.3 Å². The van der Waals surface area contributed by atoms with E-state index in [1.165, 1.54) is 7.05 Å². The standard InChI is InChI=1S/C27H28F2N4O5/c1-30-24(36)31-19-9-10-20-18(14-19)11-13-26(20)23(35)33(25(37)38-26)16-22(34)32(15-17-6-3-2-4-7-17)21-8-5-12-27(21,28)29/h2-4,6-7,9-10,14,21H,5,8,11-13,15-16H2,1H3,(H2,30,31,36). The summed E-state index contributed by atoms with van der Waals surface area (Å²) >= 11 is 0. The number of nitrogens with zero attached hydrogens (tertiary/aromatic N) is 2. The fourth-order valence-electron chi connectivity index (χ4n) is 5.60. The average molecular weight is 527 g/mol. The summed E-state index contributed by atoms with van der Waals surface area (Å²) in [5.41, 5.74) is 0.806. The summed E-state index contributed by atoms with van der Waals surface area (Å²) in [7, 11) is 1.49. The van der Waals surface area contributed by atoms with Crippen molar-refractivity contribution in [1.29, 1.82) is 0 Å². The fourth-order valence-corrected chi connectivity index (χ4v) is 5.60. The van der Waals surface area contributed by atoms with Crippen molar-refractivity contribution in [3.8, 4) is 0 Å². The van der Waals surface area contributed by atoms with E-state index >= 15 is 0 Å². The van der Waals surface area contributed by atoms with Gasteiger partial charge in [0.2, 0.25) is 11.5 Å². The van der Waals surface area contributed by atoms with Crippen LogP contribution in [0.4, 0.5) is 24.1 Å². The minimum Gasteiger partial charge on any atom is -0.427 e. The molecule has 2 fully saturated rings. The van der Waals surface area contributed by atoms with Crippen LogP contribution in [0.25, 0.3) is 0 Å². The van der Waals surface area contributed by atoms with Crippen LogP contribution in [0.5, 0.6) is 0 Å². The molecule has 1 heterocycles. The van der Waals surface area contributed by atoms with Gasteiger partial charge in [0.1, 0.15) is 6.54 Å². The number of carbonyl (C=O) groups is 4. The molecule has 5 amide bonds. The number of amides is 5. The second-order valence-electron chi connectivity index (χ2n) is 9.84. The number of imide groups is 1. The number of halogens is 2. The Bertz CT molecular complexity index is 1290. The molecule has 1 spiro atoms. The Balaban J connectivity index is 1.37. The minimum atomic E-state index is -3.06. The number of fused-ring (bicyclic) bond motifs is 2. The molecule has 200 valence electrons. The second-order valence-corrected chi connectivity index (χ2v) is 9.84. The molecular weight excluding hydrogens is 498 g/mol. The van der Waals surface area contributed by atoms with Crippen molar-refractivity contribution in [2.24, 2.45) is 0 Å². The third-order valence-corrected chi connectivity index (χ3v) is 7.51. The Hall–Kier alpha value is -4.02. The number of rotatable bonds is 6. The predicted molar refractivity (Wildman–Crippen MR) is 132 cm³/mol. The molecular formula is C27H28F2N4O5. The summed E-state index contributed by atoms with van der Waals surface area (Å²) in [6.45, 7) is -0.753. The van der Waals surface area contributed by atoms with E-state index in [9.17, 15) is 28.0 Å². The minimum absolute atomic E-state index is 0.0634. The van der Waals surface area contributed by atoms with Gasteiger partial charge < -0.3 is 20.3 Å². The van der Waals surface area contributed by atoms with Crippen molar-refractivity contribution in [3.63, 3.8) is 0 Å². The number of ether oxygens (including phenoxy) is 1. The maximum atomic E-state index is 14.7. The number of anilines is 1. The predicted octanol–water partition coefficient (Wildman–Crippen LogP) is 3.77. The Morgan fingerprint density at radius 3 is 2.58 bits per heavy atom. The lowest BCUT2D eigenvalue weighted by Gasteiger charge is -2.33. The molecule has 5 rings (SSSR count). The van der Waals surface area contributed by atoms with E-state index < -0.39 is 48.0 Å². The van der Waals surface area contributed by atoms with E-state index in [0.29, 0.717) is 23.2 Å². The van der Waals surface area contributed by atoms with E-state index in [1.807, 2.05) is 0 Å². The number of aryl methyl sites for hydroxylation is 1. The van der Waals surface area contributed by atoms with Crippen molar-refractivity contribution in [2.75, 3.05) is 18.9 Å². The topological polar surface area (TPSA) is 108 Å². The van der Waals surface area contributed by atoms with Gasteiger partial charge in [0.25, 0.3) is 11.8 Å². The summed E-state index contributed by atoms with van der Waals surface area (Å²) < 4.78 is 35.1. The van der Waals surface area contributed by atoms with Gasteiger partial charge in [0.05, 0.1) is 6.04 Å². The summed E-state index contributed by atoms with van der Waals surface area (Å²) in [6.07, 6.45) is -0.312. The lowest BCUT2D eigenvalue weighted by Crippen LogP contribution is -2.51. The van der Waals surface area contributed by atoms with Crippen molar-refractivity contribution < 1.29 is 32.7 Å². The van der Waals surface area contributed by atoms with Crippen LogP contribution < -0.4 is 10.6 Å². The molecule has 1 saturated carbocycles. The van der Waals surface area contributed by atoms with Crippen molar-refractivity contribution >= 4 is 29.6 Å². The Morgan fingerprint density at radius 2 is 1.89 bits per heavy atom. The molecule has 1 aliphatic heterocycles. The highest BCUT2D eigenvalue weighted by Crippen LogP contribution is 2.46. The van der Waals surface area contributed by atoms with E-state index in [-0.39, 0.29) is 32.2 Å². The second kappa shape index (κ2) is 9.70. The molecule has 38 heavy (non-hydrogen) atoms. The first-order valence-electron chi connectivity index (χ1n) is 12.5. The van der Waals surface area contributed by atoms with E-state index in [2.05, 4.69) is 10.6 Å². The van der Waals surface area contributed by atoms with Crippen LogP contribution in [0.3, 0.4) is 0 Å². The first-order valence-corrected chi connectivity index (χ1v) is 12.5. The highest BCUT2D eigenvalue weighted by molar-refractivity contribution is 6.06. The number of carbonyl (C=O) groups excluding carboxylic acids is 4. The molecule has 3 aliphatic rings. The number of urea groups is 1. The lowest BCUT2D eigenvalue weighted by molar-refractivity contribution is -0.148. The van der Waals surface area contributed by atoms with E-state index in [0.717, 1.165) is 15.4 Å². The number of hydrogen-bond donors (Lipinski definition) is 2. The van der Waals surface area contributed by atoms with Crippen LogP contribution in [0, 0.1) is 0 Å². The van der Waals surface area contributed by atoms with Crippen LogP contribution in [0.1, 0.15) is 42.4 Å². The maximum Gasteiger partial charge on any atom is 0.418 e. The summed E-state index contributed by atoms with van der Waals surface area (Å²) in [4.78, 5) is 53.3. The van der Waals surface area contributed by atoms with Gasteiger partial charge in [-0.1, -0.05) is 36.4 Å². The summed E-state index contributed by atoms with van der Waals surface area (Å²) in [6, 6.07) is 12.0. The Morgan fingerprint density at radius 1 is 1.13 bits per heavy atom. The normalized spacial score (nSPS) is 23.3. The third kappa shape index (κ3) is 4.46. The molecule has 11 heteroatoms. The van der Waals surface area contributed by atoms with Gasteiger partial charge in [-0.05, 0) is 42.5 Å². The van der Waals surface area contributed by atoms with Crippen LogP contribution in [0.2, 0.25) is 0 Å². The van der Waals surface area contributed by atoms with Crippen LogP contribution >= 0.6 is 0 Å². The molecule has 2 aromatic carbocycles. The van der Waals surface area contributed by atoms with E-state index in [4.69, 9.17) is 4.74 Å². The maximum absolute atomic E-state index is 14.7. The van der Waals surface area contributed by atoms with Gasteiger partial charge in [0, 0.05) is 37.7 Å². The number of nitrogens with one attached hydrogen (secondary N) is 2. The van der Waals surface area contributed by atoms with Crippen molar-refractivity contribution in [2.45, 2.75) is 56.2 Å². The zero-order valence-electron chi connectivity index (χ0n) is 20.8. The molecule has 9 nitrogen and oxygen atoms in total. The Labute approximate surface area is 218 Å². The molecule has 2 aromatic rings. The third-order valence-electron chi connectivity index (χ3n) is 7.51. The first-order chi connectivity index (χ1) is 18.1. The molecule has 2 N–H and O–H groups in total. The highest BCUT2D eigenvalue weighted by Gasteiger charge is 2.59. The first kappa shape index (κ1) is 25.6. The average Bonchev–Trinajstić information content (AvgIpc) is 3.52. The van der Waals surface area contributed by atoms with Crippen LogP contribution in [-0.4, -0.2) is 59.3 Å². The molecule has 0 bridgehead atoms. The van der Waals surface area contributed by atoms with Crippen molar-refractivity contribution in [1.82, 2.24) is 15.1 Å². The van der Waals surface area contributed by atoms with Gasteiger partial charge in [-0.15, -0.1) is 0 Å². The van der Waals surface area contributed by atoms with Crippen molar-refractivity contribution in [3.05, 3.63) is 65.2 Å². The summed E-state index contributed by atoms with van der Waals surface area (Å²) in [5.74, 6) is -4.50. The molecule has 2 aliphatic carbocycles. The zero-order chi connectivity index (χ0) is 27.1. The number of hydrogen-bond acceptors (Lipinski definition) is 5. The van der Waals surface area contributed by atoms with Crippen LogP contribution in [0.15, 0.2) is 48.5 Å². The Kier molecular flexibility index (Phi) is 6.54. The molecule has 1 saturated heterocycles. The van der Waals surface area contributed by atoms with Crippen LogP contribution in [-0.2, 0) is 32.9 Å². The quantitative estimate of drug-likeness (QED) is 0.596. The van der Waals surface area contributed by atoms with E-state index in [1.54, 1.807) is 48.5 Å². The van der Waals surface area contributed by atoms with Gasteiger partial charge in [-0.2, -0.15) is 0 Å². The SMILES string of the molecule is CNC(=O)Nc1ccc2c(c1)CCC21OC(=O)N(CC(=O)N(Cc2ccccc2)C2CCCC2(F)F)C1=O. The van der Waals surface area contributed by atoms with Gasteiger partial charge in [-0.3, -0.25) is 9.59 Å².